The van der Waals surface area contributed by atoms with Crippen LogP contribution in [-0.4, -0.2) is 17.5 Å². The summed E-state index contributed by atoms with van der Waals surface area (Å²) in [5.74, 6) is 0.871. The molecule has 2 aromatic carbocycles. The summed E-state index contributed by atoms with van der Waals surface area (Å²) >= 11 is 0. The van der Waals surface area contributed by atoms with Gasteiger partial charge in [0.15, 0.2) is 5.78 Å². The van der Waals surface area contributed by atoms with Crippen molar-refractivity contribution in [3.05, 3.63) is 71.5 Å². The first kappa shape index (κ1) is 13.2. The molecule has 0 saturated carbocycles. The quantitative estimate of drug-likeness (QED) is 0.693. The van der Waals surface area contributed by atoms with Crippen molar-refractivity contribution in [2.45, 2.75) is 6.61 Å². The van der Waals surface area contributed by atoms with Gasteiger partial charge in [-0.05, 0) is 23.8 Å². The fourth-order valence-corrected chi connectivity index (χ4v) is 2.13. The molecule has 0 bridgehead atoms. The van der Waals surface area contributed by atoms with Gasteiger partial charge in [-0.1, -0.05) is 30.3 Å². The van der Waals surface area contributed by atoms with Gasteiger partial charge in [-0.2, -0.15) is 0 Å². The van der Waals surface area contributed by atoms with Crippen LogP contribution in [0, 0.1) is 0 Å². The van der Waals surface area contributed by atoms with Gasteiger partial charge in [0, 0.05) is 0 Å². The third-order valence-electron chi connectivity index (χ3n) is 3.27. The highest BCUT2D eigenvalue weighted by atomic mass is 16.5. The maximum Gasteiger partial charge on any atom is 0.199 e. The van der Waals surface area contributed by atoms with Gasteiger partial charge in [0.25, 0.3) is 0 Å². The number of ether oxygens (including phenoxy) is 2. The Bertz CT molecular complexity index is 689. The maximum absolute atomic E-state index is 12.1. The second kappa shape index (κ2) is 5.71. The summed E-state index contributed by atoms with van der Waals surface area (Å²) in [6, 6.07) is 14.9. The van der Waals surface area contributed by atoms with Crippen LogP contribution in [-0.2, 0) is 6.61 Å². The molecule has 1 N–H and O–H groups in total. The van der Waals surface area contributed by atoms with Crippen LogP contribution in [0.5, 0.6) is 11.5 Å². The van der Waals surface area contributed by atoms with Crippen LogP contribution in [0.15, 0.2) is 60.4 Å². The fourth-order valence-electron chi connectivity index (χ4n) is 2.13. The highest BCUT2D eigenvalue weighted by molar-refractivity contribution is 6.11. The van der Waals surface area contributed by atoms with Crippen LogP contribution in [0.3, 0.4) is 0 Å². The Morgan fingerprint density at radius 3 is 2.76 bits per heavy atom. The summed E-state index contributed by atoms with van der Waals surface area (Å²) in [4.78, 5) is 12.1. The number of hydrogen-bond acceptors (Lipinski definition) is 4. The average Bonchev–Trinajstić information content (AvgIpc) is 2.54. The fraction of sp³-hybridized carbons (Fsp3) is 0.118. The number of Topliss-reactive ketones (excluding diaryl/α,β-unsaturated/α-hetero) is 1. The maximum atomic E-state index is 12.1. The molecule has 4 heteroatoms. The zero-order chi connectivity index (χ0) is 14.7. The zero-order valence-electron chi connectivity index (χ0n) is 11.3. The van der Waals surface area contributed by atoms with E-state index in [1.165, 1.54) is 0 Å². The van der Waals surface area contributed by atoms with Gasteiger partial charge in [-0.15, -0.1) is 0 Å². The average molecular weight is 282 g/mol. The van der Waals surface area contributed by atoms with Crippen molar-refractivity contribution in [2.75, 3.05) is 6.61 Å². The Hall–Kier alpha value is -2.75. The normalized spacial score (nSPS) is 15.4. The first-order valence-corrected chi connectivity index (χ1v) is 6.59. The summed E-state index contributed by atoms with van der Waals surface area (Å²) in [7, 11) is 0. The van der Waals surface area contributed by atoms with Crippen molar-refractivity contribution in [3.63, 3.8) is 0 Å². The molecule has 4 nitrogen and oxygen atoms in total. The minimum Gasteiger partial charge on any atom is -0.515 e. The molecule has 0 aliphatic carbocycles. The second-order valence-electron chi connectivity index (χ2n) is 4.70. The lowest BCUT2D eigenvalue weighted by atomic mass is 10.0. The lowest BCUT2D eigenvalue weighted by Crippen LogP contribution is -2.19. The number of carbonyl (C=O) groups excluding carboxylic acids is 1. The third-order valence-corrected chi connectivity index (χ3v) is 3.27. The van der Waals surface area contributed by atoms with E-state index in [4.69, 9.17) is 14.6 Å². The van der Waals surface area contributed by atoms with Gasteiger partial charge in [0.2, 0.25) is 0 Å². The summed E-state index contributed by atoms with van der Waals surface area (Å²) in [5, 5.41) is 9.01. The van der Waals surface area contributed by atoms with E-state index in [0.717, 1.165) is 11.8 Å². The molecule has 0 aromatic heterocycles. The standard InChI is InChI=1S/C17H14O4/c18-9-13-11-21-16-7-6-14(8-15(16)17(13)19)20-10-12-4-2-1-3-5-12/h1-9,18H,10-11H2/b13-9+. The molecule has 0 atom stereocenters. The second-order valence-corrected chi connectivity index (χ2v) is 4.70. The first-order valence-electron chi connectivity index (χ1n) is 6.59. The molecule has 3 rings (SSSR count). The molecule has 1 heterocycles. The van der Waals surface area contributed by atoms with E-state index in [1.54, 1.807) is 18.2 Å². The number of aliphatic hydroxyl groups is 1. The van der Waals surface area contributed by atoms with Crippen LogP contribution in [0.4, 0.5) is 0 Å². The van der Waals surface area contributed by atoms with E-state index in [1.807, 2.05) is 30.3 Å². The van der Waals surface area contributed by atoms with E-state index in [-0.39, 0.29) is 18.0 Å². The predicted molar refractivity (Wildman–Crippen MR) is 77.8 cm³/mol. The zero-order valence-corrected chi connectivity index (χ0v) is 11.3. The minimum atomic E-state index is -0.232. The van der Waals surface area contributed by atoms with Crippen LogP contribution >= 0.6 is 0 Å². The van der Waals surface area contributed by atoms with Gasteiger partial charge in [0.05, 0.1) is 17.4 Å². The molecular formula is C17H14O4. The number of benzene rings is 2. The lowest BCUT2D eigenvalue weighted by Gasteiger charge is -2.18. The van der Waals surface area contributed by atoms with Gasteiger partial charge < -0.3 is 14.6 Å². The predicted octanol–water partition coefficient (Wildman–Crippen LogP) is 3.28. The van der Waals surface area contributed by atoms with Crippen molar-refractivity contribution in [2.24, 2.45) is 0 Å². The number of aliphatic hydroxyl groups excluding tert-OH is 1. The van der Waals surface area contributed by atoms with Crippen molar-refractivity contribution in [1.82, 2.24) is 0 Å². The minimum absolute atomic E-state index is 0.0898. The Morgan fingerprint density at radius 2 is 2.00 bits per heavy atom. The molecule has 1 aliphatic rings. The monoisotopic (exact) mass is 282 g/mol. The van der Waals surface area contributed by atoms with Gasteiger partial charge >= 0.3 is 0 Å². The van der Waals surface area contributed by atoms with E-state index in [0.29, 0.717) is 23.7 Å². The molecule has 0 radical (unpaired) electrons. The highest BCUT2D eigenvalue weighted by Gasteiger charge is 2.24. The van der Waals surface area contributed by atoms with E-state index >= 15 is 0 Å². The van der Waals surface area contributed by atoms with Crippen molar-refractivity contribution in [1.29, 1.82) is 0 Å². The highest BCUT2D eigenvalue weighted by Crippen LogP contribution is 2.30. The number of fused-ring (bicyclic) bond motifs is 1. The summed E-state index contributed by atoms with van der Waals surface area (Å²) in [6.45, 7) is 0.518. The Labute approximate surface area is 122 Å². The van der Waals surface area contributed by atoms with Gasteiger partial charge in [0.1, 0.15) is 24.7 Å². The Morgan fingerprint density at radius 1 is 1.19 bits per heavy atom. The Balaban J connectivity index is 1.80. The van der Waals surface area contributed by atoms with Crippen molar-refractivity contribution in [3.8, 4) is 11.5 Å². The molecule has 0 saturated heterocycles. The van der Waals surface area contributed by atoms with Crippen molar-refractivity contribution >= 4 is 5.78 Å². The number of rotatable bonds is 3. The summed E-state index contributed by atoms with van der Waals surface area (Å²) in [6.07, 6.45) is 0.794. The first-order chi connectivity index (χ1) is 10.3. The van der Waals surface area contributed by atoms with Crippen LogP contribution < -0.4 is 9.47 Å². The topological polar surface area (TPSA) is 55.8 Å². The molecule has 0 spiro atoms. The molecular weight excluding hydrogens is 268 g/mol. The Kier molecular flexibility index (Phi) is 3.60. The SMILES string of the molecule is O=C1/C(=C/O)COc2ccc(OCc3ccccc3)cc21. The summed E-state index contributed by atoms with van der Waals surface area (Å²) in [5.41, 5.74) is 1.70. The number of carbonyl (C=O) groups is 1. The largest absolute Gasteiger partial charge is 0.515 e. The molecule has 106 valence electrons. The van der Waals surface area contributed by atoms with Crippen LogP contribution in [0.25, 0.3) is 0 Å². The van der Waals surface area contributed by atoms with Crippen molar-refractivity contribution < 1.29 is 19.4 Å². The van der Waals surface area contributed by atoms with Gasteiger partial charge in [-0.25, -0.2) is 0 Å². The number of hydrogen-bond donors (Lipinski definition) is 1. The van der Waals surface area contributed by atoms with E-state index in [2.05, 4.69) is 0 Å². The van der Waals surface area contributed by atoms with Gasteiger partial charge in [-0.3, -0.25) is 4.79 Å². The van der Waals surface area contributed by atoms with Crippen LogP contribution in [0.1, 0.15) is 15.9 Å². The smallest absolute Gasteiger partial charge is 0.199 e. The van der Waals surface area contributed by atoms with Crippen LogP contribution in [0.2, 0.25) is 0 Å². The molecule has 0 amide bonds. The van der Waals surface area contributed by atoms with E-state index in [9.17, 15) is 4.79 Å². The molecule has 0 fully saturated rings. The molecule has 21 heavy (non-hydrogen) atoms. The molecule has 1 aliphatic heterocycles. The summed E-state index contributed by atoms with van der Waals surface area (Å²) < 4.78 is 11.1. The molecule has 2 aromatic rings. The lowest BCUT2D eigenvalue weighted by molar-refractivity contribution is 0.0994. The van der Waals surface area contributed by atoms with E-state index < -0.39 is 0 Å². The molecule has 0 unspecified atom stereocenters. The third kappa shape index (κ3) is 2.74. The number of ketones is 1.